The maximum Gasteiger partial charge on any atom is 0.303 e. The second-order valence-electron chi connectivity index (χ2n) is 19.6. The third-order valence-corrected chi connectivity index (χ3v) is 14.8. The van der Waals surface area contributed by atoms with Gasteiger partial charge in [-0.2, -0.15) is 0 Å². The van der Waals surface area contributed by atoms with Crippen molar-refractivity contribution in [2.24, 2.45) is 0 Å². The number of hydrogen-bond acceptors (Lipinski definition) is 18. The van der Waals surface area contributed by atoms with E-state index in [1.807, 2.05) is 159 Å². The molecule has 422 valence electrons. The largest absolute Gasteiger partial charge is 0.463 e. The average Bonchev–Trinajstić information content (AvgIpc) is 3.52. The smallest absolute Gasteiger partial charge is 0.303 e. The van der Waals surface area contributed by atoms with Crippen LogP contribution in [0.5, 0.6) is 0 Å². The van der Waals surface area contributed by atoms with Crippen LogP contribution in [0.2, 0.25) is 0 Å². The van der Waals surface area contributed by atoms with E-state index in [4.69, 9.17) is 66.3 Å². The quantitative estimate of drug-likeness (QED) is 0.0448. The van der Waals surface area contributed by atoms with Gasteiger partial charge in [0, 0.05) is 26.3 Å². The molecule has 0 aliphatic carbocycles. The average molecular weight is 1110 g/mol. The van der Waals surface area contributed by atoms with Crippen LogP contribution in [0.25, 0.3) is 0 Å². The van der Waals surface area contributed by atoms with Gasteiger partial charge >= 0.3 is 17.9 Å². The Morgan fingerprint density at radius 2 is 0.949 bits per heavy atom. The highest BCUT2D eigenvalue weighted by Gasteiger charge is 2.59. The van der Waals surface area contributed by atoms with Gasteiger partial charge in [-0.3, -0.25) is 14.4 Å². The molecule has 4 saturated heterocycles. The molecule has 1 unspecified atom stereocenters. The van der Waals surface area contributed by atoms with Crippen LogP contribution in [0.1, 0.15) is 68.7 Å². The highest BCUT2D eigenvalue weighted by atomic mass is 32.2. The predicted molar refractivity (Wildman–Crippen MR) is 287 cm³/mol. The van der Waals surface area contributed by atoms with Crippen LogP contribution in [0.15, 0.2) is 152 Å². The van der Waals surface area contributed by atoms with Gasteiger partial charge < -0.3 is 66.3 Å². The lowest BCUT2D eigenvalue weighted by molar-refractivity contribution is -0.408. The summed E-state index contributed by atoms with van der Waals surface area (Å²) in [5.41, 5.74) is 3.75. The van der Waals surface area contributed by atoms with Gasteiger partial charge in [-0.25, -0.2) is 0 Å². The number of rotatable bonds is 23. The van der Waals surface area contributed by atoms with E-state index in [0.29, 0.717) is 5.75 Å². The Hall–Kier alpha value is -5.58. The number of ether oxygens (including phenoxy) is 14. The molecule has 5 aromatic carbocycles. The van der Waals surface area contributed by atoms with Crippen molar-refractivity contribution in [1.82, 2.24) is 0 Å². The van der Waals surface area contributed by atoms with Crippen molar-refractivity contribution < 1.29 is 80.7 Å². The minimum Gasteiger partial charge on any atom is -0.463 e. The Kier molecular flexibility index (Phi) is 21.1. The minimum absolute atomic E-state index is 0.0125. The molecule has 0 aromatic heterocycles. The third kappa shape index (κ3) is 15.7. The fraction of sp³-hybridized carbons (Fsp3) is 0.459. The molecule has 0 bridgehead atoms. The molecular formula is C61H70O17S. The summed E-state index contributed by atoms with van der Waals surface area (Å²) in [6.45, 7) is 7.86. The molecule has 0 saturated carbocycles. The lowest BCUT2D eigenvalue weighted by Gasteiger charge is -2.53. The summed E-state index contributed by atoms with van der Waals surface area (Å²) in [5, 5.41) is 0. The van der Waals surface area contributed by atoms with Crippen LogP contribution >= 0.6 is 11.8 Å². The molecule has 0 radical (unpaired) electrons. The van der Waals surface area contributed by atoms with E-state index in [9.17, 15) is 14.4 Å². The van der Waals surface area contributed by atoms with E-state index in [2.05, 4.69) is 6.92 Å². The van der Waals surface area contributed by atoms with Gasteiger partial charge in [0.1, 0.15) is 67.0 Å². The molecule has 5 aromatic rings. The van der Waals surface area contributed by atoms with Crippen LogP contribution in [0.3, 0.4) is 0 Å². The maximum absolute atomic E-state index is 13.2. The first-order valence-corrected chi connectivity index (χ1v) is 27.9. The maximum atomic E-state index is 13.2. The molecule has 4 fully saturated rings. The van der Waals surface area contributed by atoms with Gasteiger partial charge in [-0.05, 0) is 34.9 Å². The molecule has 9 rings (SSSR count). The summed E-state index contributed by atoms with van der Waals surface area (Å²) < 4.78 is 94.1. The van der Waals surface area contributed by atoms with E-state index in [1.165, 1.54) is 20.8 Å². The molecule has 79 heavy (non-hydrogen) atoms. The fourth-order valence-corrected chi connectivity index (χ4v) is 11.1. The Balaban J connectivity index is 1.15. The Labute approximate surface area is 465 Å². The zero-order chi connectivity index (χ0) is 55.1. The van der Waals surface area contributed by atoms with Gasteiger partial charge in [0.15, 0.2) is 31.1 Å². The Morgan fingerprint density at radius 3 is 1.46 bits per heavy atom. The molecule has 0 N–H and O–H groups in total. The summed E-state index contributed by atoms with van der Waals surface area (Å²) in [5.74, 6) is -1.33. The standard InChI is InChI=1S/C61H70O17S/c1-6-79-61-57(69-35-45-28-18-10-19-29-45)52(49(38(2)71-61)66-32-42-22-12-7-13-23-42)77-60-56(68-34-44-26-16-9-17-27-44)54(51-48(75-60)37-70-58(76-51)46-30-20-11-21-31-46)78-59-55(67-33-43-24-14-8-15-25-43)53(73-41(5)64)50(72-40(4)63)47(74-59)36-65-39(3)62/h7-31,38,47-61H,6,32-37H2,1-5H3/t38-,47+,48+,49-,50-,51+,52+,53-,54-,55+,56+,57+,58?,59+,60-,61-/m0/s1. The monoisotopic (exact) mass is 1110 g/mol. The summed E-state index contributed by atoms with van der Waals surface area (Å²) in [4.78, 5) is 38.5. The van der Waals surface area contributed by atoms with E-state index in [0.717, 1.165) is 27.8 Å². The summed E-state index contributed by atoms with van der Waals surface area (Å²) in [6, 6.07) is 48.2. The number of fused-ring (bicyclic) bond motifs is 1. The summed E-state index contributed by atoms with van der Waals surface area (Å²) in [6.07, 6.45) is -15.7. The zero-order valence-electron chi connectivity index (χ0n) is 45.0. The van der Waals surface area contributed by atoms with Crippen LogP contribution in [0.4, 0.5) is 0 Å². The van der Waals surface area contributed by atoms with Crippen molar-refractivity contribution in [3.05, 3.63) is 179 Å². The van der Waals surface area contributed by atoms with Crippen molar-refractivity contribution in [2.75, 3.05) is 19.0 Å². The Morgan fingerprint density at radius 1 is 0.494 bits per heavy atom. The molecule has 4 aliphatic rings. The third-order valence-electron chi connectivity index (χ3n) is 13.8. The van der Waals surface area contributed by atoms with Crippen molar-refractivity contribution in [3.63, 3.8) is 0 Å². The van der Waals surface area contributed by atoms with Gasteiger partial charge in [-0.15, -0.1) is 11.8 Å². The SMILES string of the molecule is CCS[C@@H]1O[C@@H](C)[C@H](OCc2ccccc2)[C@@H](O[C@@H]2O[C@@H]3COC(c4ccccc4)O[C@H]3[C@H](O[C@H]3O[C@H](COC(C)=O)[C@H](OC(C)=O)[C@H](OC(C)=O)[C@H]3OCc3ccccc3)[C@H]2OCc2ccccc2)[C@H]1OCc1ccccc1. The molecule has 18 heteroatoms. The normalized spacial score (nSPS) is 30.6. The van der Waals surface area contributed by atoms with Crippen molar-refractivity contribution in [3.8, 4) is 0 Å². The Bertz CT molecular complexity index is 2640. The van der Waals surface area contributed by atoms with Crippen molar-refractivity contribution in [1.29, 1.82) is 0 Å². The minimum atomic E-state index is -1.47. The van der Waals surface area contributed by atoms with E-state index in [1.54, 1.807) is 11.8 Å². The topological polar surface area (TPSA) is 180 Å². The lowest BCUT2D eigenvalue weighted by atomic mass is 9.94. The van der Waals surface area contributed by atoms with Crippen molar-refractivity contribution in [2.45, 2.75) is 159 Å². The van der Waals surface area contributed by atoms with Crippen LogP contribution in [-0.4, -0.2) is 128 Å². The molecular weight excluding hydrogens is 1040 g/mol. The van der Waals surface area contributed by atoms with Gasteiger partial charge in [0.05, 0.1) is 39.1 Å². The van der Waals surface area contributed by atoms with E-state index >= 15 is 0 Å². The molecule has 4 aliphatic heterocycles. The number of carbonyl (C=O) groups is 3. The number of benzene rings is 5. The molecule has 0 spiro atoms. The first-order chi connectivity index (χ1) is 38.5. The zero-order valence-corrected chi connectivity index (χ0v) is 45.8. The van der Waals surface area contributed by atoms with Crippen molar-refractivity contribution >= 4 is 29.7 Å². The number of thioether (sulfide) groups is 1. The predicted octanol–water partition coefficient (Wildman–Crippen LogP) is 8.59. The van der Waals surface area contributed by atoms with Gasteiger partial charge in [-0.1, -0.05) is 159 Å². The number of carbonyl (C=O) groups excluding carboxylic acids is 3. The lowest BCUT2D eigenvalue weighted by Crippen LogP contribution is -2.69. The number of hydrogen-bond donors (Lipinski definition) is 0. The van der Waals surface area contributed by atoms with Crippen LogP contribution in [-0.2, 0) is 107 Å². The van der Waals surface area contributed by atoms with Gasteiger partial charge in [0.2, 0.25) is 0 Å². The first-order valence-electron chi connectivity index (χ1n) is 26.8. The molecule has 4 heterocycles. The van der Waals surface area contributed by atoms with E-state index < -0.39 is 122 Å². The highest BCUT2D eigenvalue weighted by Crippen LogP contribution is 2.42. The number of esters is 3. The highest BCUT2D eigenvalue weighted by molar-refractivity contribution is 7.99. The van der Waals surface area contributed by atoms with Crippen LogP contribution < -0.4 is 0 Å². The van der Waals surface area contributed by atoms with Crippen LogP contribution in [0, 0.1) is 0 Å². The molecule has 16 atom stereocenters. The van der Waals surface area contributed by atoms with E-state index in [-0.39, 0.29) is 33.0 Å². The fourth-order valence-electron chi connectivity index (χ4n) is 10.1. The first kappa shape index (κ1) is 58.1. The molecule has 17 nitrogen and oxygen atoms in total. The summed E-state index contributed by atoms with van der Waals surface area (Å²) >= 11 is 1.60. The van der Waals surface area contributed by atoms with Gasteiger partial charge in [0.25, 0.3) is 0 Å². The second kappa shape index (κ2) is 28.7. The second-order valence-corrected chi connectivity index (χ2v) is 21.0. The molecule has 0 amide bonds. The summed E-state index contributed by atoms with van der Waals surface area (Å²) in [7, 11) is 0.